The van der Waals surface area contributed by atoms with Gasteiger partial charge in [-0.05, 0) is 50.8 Å². The van der Waals surface area contributed by atoms with Crippen LogP contribution in [-0.4, -0.2) is 71.4 Å². The molecular weight excluding hydrogens is 414 g/mol. The molecule has 1 aromatic rings. The highest BCUT2D eigenvalue weighted by Gasteiger charge is 2.30. The summed E-state index contributed by atoms with van der Waals surface area (Å²) in [6.45, 7) is 3.85. The standard InChI is InChI=1S/C19H29N3O5S2/c1-15-4-6-18(7-5-15)29(26,27)20-11-16-3-2-9-22(12-16)13-19(23)21-17-8-10-28(24,25)14-17/h4-7,16-17,20H,2-3,8-14H2,1H3,(H,21,23). The van der Waals surface area contributed by atoms with E-state index in [1.807, 2.05) is 11.8 Å². The Morgan fingerprint density at radius 3 is 2.59 bits per heavy atom. The van der Waals surface area contributed by atoms with Crippen molar-refractivity contribution in [1.82, 2.24) is 14.9 Å². The van der Waals surface area contributed by atoms with Crippen molar-refractivity contribution >= 4 is 25.8 Å². The Morgan fingerprint density at radius 1 is 1.21 bits per heavy atom. The van der Waals surface area contributed by atoms with Crippen molar-refractivity contribution in [3.05, 3.63) is 29.8 Å². The van der Waals surface area contributed by atoms with Crippen LogP contribution in [0.3, 0.4) is 0 Å². The fourth-order valence-corrected chi connectivity index (χ4v) is 6.66. The van der Waals surface area contributed by atoms with Gasteiger partial charge in [0.2, 0.25) is 15.9 Å². The predicted octanol–water partition coefficient (Wildman–Crippen LogP) is 0.289. The Balaban J connectivity index is 1.46. The van der Waals surface area contributed by atoms with Gasteiger partial charge in [0.25, 0.3) is 0 Å². The number of nitrogens with one attached hydrogen (secondary N) is 2. The molecule has 29 heavy (non-hydrogen) atoms. The molecule has 2 atom stereocenters. The van der Waals surface area contributed by atoms with E-state index in [4.69, 9.17) is 0 Å². The molecule has 2 aliphatic rings. The lowest BCUT2D eigenvalue weighted by Gasteiger charge is -2.32. The molecule has 0 radical (unpaired) electrons. The first kappa shape index (κ1) is 22.2. The number of nitrogens with zero attached hydrogens (tertiary/aromatic N) is 1. The quantitative estimate of drug-likeness (QED) is 0.626. The van der Waals surface area contributed by atoms with E-state index in [1.54, 1.807) is 24.3 Å². The molecule has 1 amide bonds. The SMILES string of the molecule is Cc1ccc(S(=O)(=O)NCC2CCCN(CC(=O)NC3CCS(=O)(=O)C3)C2)cc1. The topological polar surface area (TPSA) is 113 Å². The first-order valence-corrected chi connectivity index (χ1v) is 13.2. The predicted molar refractivity (Wildman–Crippen MR) is 111 cm³/mol. The third kappa shape index (κ3) is 6.50. The molecule has 10 heteroatoms. The van der Waals surface area contributed by atoms with Crippen molar-refractivity contribution in [2.24, 2.45) is 5.92 Å². The van der Waals surface area contributed by atoms with Gasteiger partial charge >= 0.3 is 0 Å². The number of hydrogen-bond acceptors (Lipinski definition) is 6. The number of sulfone groups is 1. The minimum absolute atomic E-state index is 0.0160. The molecule has 2 unspecified atom stereocenters. The summed E-state index contributed by atoms with van der Waals surface area (Å²) in [5, 5.41) is 2.81. The molecule has 1 aromatic carbocycles. The molecule has 2 aliphatic heterocycles. The van der Waals surface area contributed by atoms with Crippen LogP contribution in [-0.2, 0) is 24.7 Å². The summed E-state index contributed by atoms with van der Waals surface area (Å²) >= 11 is 0. The van der Waals surface area contributed by atoms with E-state index in [0.29, 0.717) is 19.5 Å². The second-order valence-electron chi connectivity index (χ2n) is 8.08. The lowest BCUT2D eigenvalue weighted by atomic mass is 9.98. The highest BCUT2D eigenvalue weighted by molar-refractivity contribution is 7.91. The fourth-order valence-electron chi connectivity index (χ4n) is 3.88. The maximum absolute atomic E-state index is 12.5. The van der Waals surface area contributed by atoms with Crippen LogP contribution in [0.4, 0.5) is 0 Å². The van der Waals surface area contributed by atoms with Crippen molar-refractivity contribution in [2.75, 3.05) is 37.7 Å². The average molecular weight is 444 g/mol. The zero-order chi connectivity index (χ0) is 21.1. The van der Waals surface area contributed by atoms with Crippen LogP contribution in [0.15, 0.2) is 29.2 Å². The summed E-state index contributed by atoms with van der Waals surface area (Å²) in [7, 11) is -6.57. The van der Waals surface area contributed by atoms with E-state index in [-0.39, 0.29) is 40.8 Å². The number of sulfonamides is 1. The Labute approximate surface area is 173 Å². The second kappa shape index (κ2) is 9.11. The van der Waals surface area contributed by atoms with Gasteiger partial charge < -0.3 is 5.32 Å². The largest absolute Gasteiger partial charge is 0.351 e. The van der Waals surface area contributed by atoms with Crippen LogP contribution >= 0.6 is 0 Å². The molecule has 0 bridgehead atoms. The highest BCUT2D eigenvalue weighted by Crippen LogP contribution is 2.17. The minimum atomic E-state index is -3.55. The van der Waals surface area contributed by atoms with E-state index in [2.05, 4.69) is 10.0 Å². The number of hydrogen-bond donors (Lipinski definition) is 2. The minimum Gasteiger partial charge on any atom is -0.351 e. The molecule has 0 saturated carbocycles. The highest BCUT2D eigenvalue weighted by atomic mass is 32.2. The average Bonchev–Trinajstić information content (AvgIpc) is 2.99. The third-order valence-corrected chi connectivity index (χ3v) is 8.67. The van der Waals surface area contributed by atoms with Crippen LogP contribution in [0.2, 0.25) is 0 Å². The Kier molecular flexibility index (Phi) is 6.98. The normalized spacial score (nSPS) is 25.0. The lowest BCUT2D eigenvalue weighted by Crippen LogP contribution is -2.47. The summed E-state index contributed by atoms with van der Waals surface area (Å²) in [5.74, 6) is 0.101. The molecule has 2 N–H and O–H groups in total. The van der Waals surface area contributed by atoms with Gasteiger partial charge in [-0.25, -0.2) is 21.6 Å². The van der Waals surface area contributed by atoms with Crippen molar-refractivity contribution < 1.29 is 21.6 Å². The maximum atomic E-state index is 12.5. The van der Waals surface area contributed by atoms with E-state index < -0.39 is 19.9 Å². The summed E-state index contributed by atoms with van der Waals surface area (Å²) in [6.07, 6.45) is 2.26. The van der Waals surface area contributed by atoms with E-state index in [0.717, 1.165) is 24.9 Å². The number of benzene rings is 1. The third-order valence-electron chi connectivity index (χ3n) is 5.46. The first-order chi connectivity index (χ1) is 13.6. The molecule has 0 aromatic heterocycles. The van der Waals surface area contributed by atoms with Gasteiger partial charge in [-0.3, -0.25) is 9.69 Å². The molecule has 162 valence electrons. The zero-order valence-electron chi connectivity index (χ0n) is 16.6. The van der Waals surface area contributed by atoms with Crippen LogP contribution in [0.25, 0.3) is 0 Å². The van der Waals surface area contributed by atoms with Gasteiger partial charge in [0.1, 0.15) is 0 Å². The molecule has 2 heterocycles. The lowest BCUT2D eigenvalue weighted by molar-refractivity contribution is -0.123. The van der Waals surface area contributed by atoms with E-state index in [9.17, 15) is 21.6 Å². The maximum Gasteiger partial charge on any atom is 0.240 e. The number of rotatable bonds is 7. The molecule has 0 spiro atoms. The van der Waals surface area contributed by atoms with Gasteiger partial charge in [0.05, 0.1) is 22.9 Å². The Bertz CT molecular complexity index is 929. The zero-order valence-corrected chi connectivity index (χ0v) is 18.3. The number of aryl methyl sites for hydroxylation is 1. The van der Waals surface area contributed by atoms with Crippen molar-refractivity contribution in [1.29, 1.82) is 0 Å². The van der Waals surface area contributed by atoms with Crippen LogP contribution in [0, 0.1) is 12.8 Å². The first-order valence-electron chi connectivity index (χ1n) is 9.91. The summed E-state index contributed by atoms with van der Waals surface area (Å²) < 4.78 is 50.6. The van der Waals surface area contributed by atoms with E-state index >= 15 is 0 Å². The van der Waals surface area contributed by atoms with E-state index in [1.165, 1.54) is 0 Å². The molecule has 3 rings (SSSR count). The molecular formula is C19H29N3O5S2. The summed E-state index contributed by atoms with van der Waals surface area (Å²) in [6, 6.07) is 6.43. The molecule has 2 saturated heterocycles. The van der Waals surface area contributed by atoms with Gasteiger partial charge in [-0.2, -0.15) is 0 Å². The number of carbonyl (C=O) groups is 1. The van der Waals surface area contributed by atoms with Gasteiger partial charge in [0, 0.05) is 19.1 Å². The van der Waals surface area contributed by atoms with Crippen LogP contribution in [0.1, 0.15) is 24.8 Å². The number of piperidine rings is 1. The molecule has 2 fully saturated rings. The second-order valence-corrected chi connectivity index (χ2v) is 12.1. The fraction of sp³-hybridized carbons (Fsp3) is 0.632. The van der Waals surface area contributed by atoms with Crippen molar-refractivity contribution in [3.63, 3.8) is 0 Å². The van der Waals surface area contributed by atoms with Crippen molar-refractivity contribution in [2.45, 2.75) is 37.1 Å². The van der Waals surface area contributed by atoms with Crippen LogP contribution in [0.5, 0.6) is 0 Å². The summed E-state index contributed by atoms with van der Waals surface area (Å²) in [5.41, 5.74) is 1.00. The number of likely N-dealkylation sites (tertiary alicyclic amines) is 1. The Morgan fingerprint density at radius 2 is 1.93 bits per heavy atom. The molecule has 0 aliphatic carbocycles. The smallest absolute Gasteiger partial charge is 0.240 e. The van der Waals surface area contributed by atoms with Gasteiger partial charge in [-0.1, -0.05) is 17.7 Å². The number of carbonyl (C=O) groups excluding carboxylic acids is 1. The molecule has 8 nitrogen and oxygen atoms in total. The van der Waals surface area contributed by atoms with Crippen LogP contribution < -0.4 is 10.0 Å². The summed E-state index contributed by atoms with van der Waals surface area (Å²) in [4.78, 5) is 14.5. The van der Waals surface area contributed by atoms with Crippen molar-refractivity contribution in [3.8, 4) is 0 Å². The monoisotopic (exact) mass is 443 g/mol. The number of amides is 1. The Hall–Kier alpha value is -1.49. The van der Waals surface area contributed by atoms with Gasteiger partial charge in [-0.15, -0.1) is 0 Å². The van der Waals surface area contributed by atoms with Gasteiger partial charge in [0.15, 0.2) is 9.84 Å².